The molecule has 0 N–H and O–H groups in total. The van der Waals surface area contributed by atoms with Gasteiger partial charge in [-0.15, -0.1) is 0 Å². The summed E-state index contributed by atoms with van der Waals surface area (Å²) in [6.07, 6.45) is 0.921. The van der Waals surface area contributed by atoms with Gasteiger partial charge in [0.2, 0.25) is 0 Å². The van der Waals surface area contributed by atoms with Crippen molar-refractivity contribution in [3.63, 3.8) is 0 Å². The minimum Gasteiger partial charge on any atom is -0.171 e. The summed E-state index contributed by atoms with van der Waals surface area (Å²) in [7, 11) is 0. The van der Waals surface area contributed by atoms with Gasteiger partial charge in [0.05, 0.1) is 0 Å². The fourth-order valence-electron chi connectivity index (χ4n) is 1.64. The lowest BCUT2D eigenvalue weighted by Gasteiger charge is -2.10. The number of thiol groups is 1. The monoisotopic (exact) mass is 248 g/mol. The third kappa shape index (κ3) is 3.03. The quantitative estimate of drug-likeness (QED) is 0.757. The molecule has 16 heavy (non-hydrogen) atoms. The molecular weight excluding hydrogens is 236 g/mol. The Morgan fingerprint density at radius 3 is 2.19 bits per heavy atom. The lowest BCUT2D eigenvalue weighted by molar-refractivity contribution is 0.940. The minimum absolute atomic E-state index is 0.238. The smallest absolute Gasteiger partial charge is 0.0406 e. The lowest BCUT2D eigenvalue weighted by atomic mass is 10.0. The molecule has 0 heterocycles. The second kappa shape index (κ2) is 5.42. The predicted molar refractivity (Wildman–Crippen MR) is 73.3 cm³/mol. The van der Waals surface area contributed by atoms with E-state index in [0.29, 0.717) is 0 Å². The molecule has 0 spiro atoms. The van der Waals surface area contributed by atoms with E-state index in [1.54, 1.807) is 0 Å². The van der Waals surface area contributed by atoms with Crippen molar-refractivity contribution in [2.45, 2.75) is 11.7 Å². The Balaban J connectivity index is 2.08. The van der Waals surface area contributed by atoms with Crippen molar-refractivity contribution < 1.29 is 0 Å². The highest BCUT2D eigenvalue weighted by Gasteiger charge is 2.06. The summed E-state index contributed by atoms with van der Waals surface area (Å²) in [6.45, 7) is 0. The van der Waals surface area contributed by atoms with Crippen molar-refractivity contribution in [3.05, 3.63) is 70.7 Å². The molecule has 2 aromatic carbocycles. The topological polar surface area (TPSA) is 0 Å². The van der Waals surface area contributed by atoms with Crippen LogP contribution in [0.5, 0.6) is 0 Å². The Hall–Kier alpha value is -0.920. The van der Waals surface area contributed by atoms with Crippen molar-refractivity contribution in [2.24, 2.45) is 0 Å². The molecule has 82 valence electrons. The largest absolute Gasteiger partial charge is 0.171 e. The van der Waals surface area contributed by atoms with Gasteiger partial charge in [-0.1, -0.05) is 54.1 Å². The zero-order chi connectivity index (χ0) is 11.4. The Morgan fingerprint density at radius 1 is 0.938 bits per heavy atom. The molecule has 0 nitrogen and oxygen atoms in total. The summed E-state index contributed by atoms with van der Waals surface area (Å²) >= 11 is 10.5. The molecule has 0 aliphatic carbocycles. The molecule has 2 aromatic rings. The van der Waals surface area contributed by atoms with Gasteiger partial charge < -0.3 is 0 Å². The highest BCUT2D eigenvalue weighted by atomic mass is 35.5. The van der Waals surface area contributed by atoms with Gasteiger partial charge in [-0.25, -0.2) is 0 Å². The predicted octanol–water partition coefficient (Wildman–Crippen LogP) is 4.55. The molecule has 1 atom stereocenters. The maximum absolute atomic E-state index is 5.85. The number of hydrogen-bond donors (Lipinski definition) is 1. The van der Waals surface area contributed by atoms with Gasteiger partial charge in [-0.2, -0.15) is 12.6 Å². The molecule has 2 rings (SSSR count). The van der Waals surface area contributed by atoms with Crippen molar-refractivity contribution in [2.75, 3.05) is 0 Å². The van der Waals surface area contributed by atoms with E-state index in [1.807, 2.05) is 30.3 Å². The van der Waals surface area contributed by atoms with Crippen LogP contribution in [-0.2, 0) is 6.42 Å². The molecule has 0 bridgehead atoms. The first kappa shape index (κ1) is 11.6. The Bertz CT molecular complexity index is 436. The first-order valence-corrected chi connectivity index (χ1v) is 6.12. The zero-order valence-corrected chi connectivity index (χ0v) is 10.5. The van der Waals surface area contributed by atoms with Crippen molar-refractivity contribution in [3.8, 4) is 0 Å². The molecule has 1 unspecified atom stereocenters. The molecule has 0 aliphatic rings. The van der Waals surface area contributed by atoms with E-state index in [9.17, 15) is 0 Å². The first-order valence-electron chi connectivity index (χ1n) is 5.23. The van der Waals surface area contributed by atoms with Crippen LogP contribution in [0, 0.1) is 0 Å². The molecule has 0 amide bonds. The van der Waals surface area contributed by atoms with Crippen LogP contribution in [0.4, 0.5) is 0 Å². The fraction of sp³-hybridized carbons (Fsp3) is 0.143. The summed E-state index contributed by atoms with van der Waals surface area (Å²) in [5, 5.41) is 1.02. The third-order valence-electron chi connectivity index (χ3n) is 2.53. The molecule has 0 saturated carbocycles. The Kier molecular flexibility index (Phi) is 3.92. The van der Waals surface area contributed by atoms with Crippen LogP contribution < -0.4 is 0 Å². The summed E-state index contributed by atoms with van der Waals surface area (Å²) in [5.74, 6) is 0. The van der Waals surface area contributed by atoms with Gasteiger partial charge in [0.1, 0.15) is 0 Å². The summed E-state index contributed by atoms with van der Waals surface area (Å²) < 4.78 is 0. The summed E-state index contributed by atoms with van der Waals surface area (Å²) in [5.41, 5.74) is 2.51. The van der Waals surface area contributed by atoms with Crippen molar-refractivity contribution in [1.29, 1.82) is 0 Å². The highest BCUT2D eigenvalue weighted by Crippen LogP contribution is 2.24. The van der Waals surface area contributed by atoms with Crippen LogP contribution in [0.15, 0.2) is 54.6 Å². The van der Waals surface area contributed by atoms with Crippen LogP contribution in [0.2, 0.25) is 5.02 Å². The highest BCUT2D eigenvalue weighted by molar-refractivity contribution is 7.80. The minimum atomic E-state index is 0.238. The van der Waals surface area contributed by atoms with Crippen molar-refractivity contribution >= 4 is 24.2 Å². The molecule has 2 heteroatoms. The summed E-state index contributed by atoms with van der Waals surface area (Å²) in [4.78, 5) is 0. The Morgan fingerprint density at radius 2 is 1.56 bits per heavy atom. The van der Waals surface area contributed by atoms with Crippen LogP contribution >= 0.6 is 24.2 Å². The van der Waals surface area contributed by atoms with Gasteiger partial charge in [0, 0.05) is 10.3 Å². The van der Waals surface area contributed by atoms with E-state index >= 15 is 0 Å². The van der Waals surface area contributed by atoms with Gasteiger partial charge in [0.25, 0.3) is 0 Å². The van der Waals surface area contributed by atoms with Crippen LogP contribution in [-0.4, -0.2) is 0 Å². The van der Waals surface area contributed by atoms with E-state index in [1.165, 1.54) is 11.1 Å². The average molecular weight is 249 g/mol. The second-order valence-corrected chi connectivity index (χ2v) is 4.82. The lowest BCUT2D eigenvalue weighted by Crippen LogP contribution is -1.95. The second-order valence-electron chi connectivity index (χ2n) is 3.76. The van der Waals surface area contributed by atoms with Gasteiger partial charge in [-0.05, 0) is 29.7 Å². The maximum Gasteiger partial charge on any atom is 0.0406 e. The Labute approximate surface area is 107 Å². The van der Waals surface area contributed by atoms with Gasteiger partial charge in [0.15, 0.2) is 0 Å². The van der Waals surface area contributed by atoms with E-state index in [4.69, 9.17) is 11.6 Å². The maximum atomic E-state index is 5.85. The zero-order valence-electron chi connectivity index (χ0n) is 8.81. The first-order chi connectivity index (χ1) is 7.75. The van der Waals surface area contributed by atoms with Gasteiger partial charge >= 0.3 is 0 Å². The van der Waals surface area contributed by atoms with E-state index in [2.05, 4.69) is 36.9 Å². The molecule has 0 aliphatic heterocycles. The molecule has 0 saturated heterocycles. The molecular formula is C14H13ClS. The normalized spacial score (nSPS) is 12.4. The molecule has 0 radical (unpaired) electrons. The van der Waals surface area contributed by atoms with Crippen molar-refractivity contribution in [1.82, 2.24) is 0 Å². The number of rotatable bonds is 3. The number of halogens is 1. The summed E-state index contributed by atoms with van der Waals surface area (Å²) in [6, 6.07) is 18.3. The van der Waals surface area contributed by atoms with Crippen LogP contribution in [0.3, 0.4) is 0 Å². The molecule has 0 fully saturated rings. The molecule has 0 aromatic heterocycles. The van der Waals surface area contributed by atoms with E-state index < -0.39 is 0 Å². The fourth-order valence-corrected chi connectivity index (χ4v) is 2.15. The third-order valence-corrected chi connectivity index (χ3v) is 3.26. The number of benzene rings is 2. The van der Waals surface area contributed by atoms with E-state index in [-0.39, 0.29) is 5.25 Å². The number of hydrogen-bond acceptors (Lipinski definition) is 1. The SMILES string of the molecule is SC(Cc1ccc(Cl)cc1)c1ccccc1. The van der Waals surface area contributed by atoms with Gasteiger partial charge in [-0.3, -0.25) is 0 Å². The average Bonchev–Trinajstić information content (AvgIpc) is 2.33. The van der Waals surface area contributed by atoms with Crippen LogP contribution in [0.1, 0.15) is 16.4 Å². The standard InChI is InChI=1S/C14H13ClS/c15-13-8-6-11(7-9-13)10-14(16)12-4-2-1-3-5-12/h1-9,14,16H,10H2. The van der Waals surface area contributed by atoms with Crippen LogP contribution in [0.25, 0.3) is 0 Å². The van der Waals surface area contributed by atoms with E-state index in [0.717, 1.165) is 11.4 Å².